The van der Waals surface area contributed by atoms with Gasteiger partial charge in [-0.2, -0.15) is 0 Å². The Hall–Kier alpha value is -2.21. The van der Waals surface area contributed by atoms with Gasteiger partial charge in [0.2, 0.25) is 0 Å². The lowest BCUT2D eigenvalue weighted by Gasteiger charge is -2.20. The summed E-state index contributed by atoms with van der Waals surface area (Å²) in [7, 11) is 0. The molecule has 3 rings (SSSR count). The number of rotatable bonds is 2. The molecule has 0 bridgehead atoms. The topological polar surface area (TPSA) is 85.3 Å². The van der Waals surface area contributed by atoms with Gasteiger partial charge in [0.15, 0.2) is 0 Å². The molecule has 2 heterocycles. The van der Waals surface area contributed by atoms with E-state index in [0.29, 0.717) is 5.39 Å². The van der Waals surface area contributed by atoms with E-state index in [1.54, 1.807) is 12.3 Å². The monoisotopic (exact) mass is 272 g/mol. The highest BCUT2D eigenvalue weighted by Crippen LogP contribution is 2.34. The van der Waals surface area contributed by atoms with E-state index in [0.717, 1.165) is 36.3 Å². The Balaban J connectivity index is 2.20. The van der Waals surface area contributed by atoms with Gasteiger partial charge in [-0.15, -0.1) is 0 Å². The van der Waals surface area contributed by atoms with Crippen LogP contribution in [0.15, 0.2) is 24.4 Å². The number of aryl methyl sites for hydroxylation is 1. The molecule has 2 aromatic rings. The number of hydrogen-bond acceptors (Lipinski definition) is 5. The Morgan fingerprint density at radius 3 is 2.90 bits per heavy atom. The lowest BCUT2D eigenvalue weighted by molar-refractivity contribution is -0.383. The summed E-state index contributed by atoms with van der Waals surface area (Å²) in [6.07, 6.45) is 2.53. The van der Waals surface area contributed by atoms with E-state index in [2.05, 4.69) is 9.88 Å². The molecule has 1 aliphatic heterocycles. The van der Waals surface area contributed by atoms with Gasteiger partial charge >= 0.3 is 0 Å². The minimum Gasteiger partial charge on any atom is -0.369 e. The summed E-state index contributed by atoms with van der Waals surface area (Å²) in [4.78, 5) is 17.1. The minimum absolute atomic E-state index is 0.0970. The molecule has 1 unspecified atom stereocenters. The number of fused-ring (bicyclic) bond motifs is 1. The van der Waals surface area contributed by atoms with E-state index in [1.165, 1.54) is 0 Å². The predicted molar refractivity (Wildman–Crippen MR) is 77.9 cm³/mol. The van der Waals surface area contributed by atoms with Crippen molar-refractivity contribution in [1.29, 1.82) is 0 Å². The molecular weight excluding hydrogens is 256 g/mol. The van der Waals surface area contributed by atoms with Crippen LogP contribution in [0.2, 0.25) is 0 Å². The molecule has 0 aliphatic carbocycles. The van der Waals surface area contributed by atoms with Crippen molar-refractivity contribution in [2.24, 2.45) is 5.73 Å². The molecule has 1 atom stereocenters. The molecule has 1 aliphatic rings. The Labute approximate surface area is 116 Å². The van der Waals surface area contributed by atoms with E-state index < -0.39 is 0 Å². The predicted octanol–water partition coefficient (Wildman–Crippen LogP) is 1.99. The summed E-state index contributed by atoms with van der Waals surface area (Å²) in [6.45, 7) is 3.56. The fourth-order valence-corrected chi connectivity index (χ4v) is 2.75. The van der Waals surface area contributed by atoms with Crippen LogP contribution in [0, 0.1) is 17.0 Å². The van der Waals surface area contributed by atoms with Crippen molar-refractivity contribution in [2.75, 3.05) is 18.0 Å². The summed E-state index contributed by atoms with van der Waals surface area (Å²) in [6, 6.07) is 5.45. The molecule has 0 saturated carbocycles. The van der Waals surface area contributed by atoms with Crippen molar-refractivity contribution >= 4 is 22.1 Å². The van der Waals surface area contributed by atoms with Crippen molar-refractivity contribution in [2.45, 2.75) is 19.4 Å². The van der Waals surface area contributed by atoms with Gasteiger partial charge in [0.05, 0.1) is 10.3 Å². The third-order valence-corrected chi connectivity index (χ3v) is 3.75. The van der Waals surface area contributed by atoms with Crippen LogP contribution < -0.4 is 10.6 Å². The van der Waals surface area contributed by atoms with E-state index in [9.17, 15) is 10.1 Å². The van der Waals surface area contributed by atoms with E-state index in [1.807, 2.05) is 19.1 Å². The van der Waals surface area contributed by atoms with Gasteiger partial charge in [-0.1, -0.05) is 0 Å². The number of pyridine rings is 1. The molecule has 0 amide bonds. The van der Waals surface area contributed by atoms with Crippen LogP contribution in [0.5, 0.6) is 0 Å². The average Bonchev–Trinajstić information content (AvgIpc) is 2.83. The number of nitro benzene ring substituents is 1. The Morgan fingerprint density at radius 2 is 2.25 bits per heavy atom. The zero-order valence-electron chi connectivity index (χ0n) is 11.2. The molecule has 0 spiro atoms. The molecular formula is C14H16N4O2. The summed E-state index contributed by atoms with van der Waals surface area (Å²) in [5, 5.41) is 12.6. The molecule has 6 heteroatoms. The number of nitrogens with two attached hydrogens (primary N) is 1. The van der Waals surface area contributed by atoms with Crippen molar-refractivity contribution in [3.63, 3.8) is 0 Å². The standard InChI is InChI=1S/C14H16N4O2/c1-9-6-11-12(7-16-9)14(18(19)20)3-2-13(11)17-5-4-10(15)8-17/h2-3,6-7,10H,4-5,8,15H2,1H3. The summed E-state index contributed by atoms with van der Waals surface area (Å²) < 4.78 is 0. The lowest BCUT2D eigenvalue weighted by atomic mass is 10.1. The van der Waals surface area contributed by atoms with Crippen molar-refractivity contribution < 1.29 is 4.92 Å². The first-order valence-corrected chi connectivity index (χ1v) is 6.60. The molecule has 0 radical (unpaired) electrons. The van der Waals surface area contributed by atoms with Gasteiger partial charge in [0, 0.05) is 48.2 Å². The van der Waals surface area contributed by atoms with Gasteiger partial charge in [0.1, 0.15) is 0 Å². The Kier molecular flexibility index (Phi) is 3.02. The molecule has 1 saturated heterocycles. The molecule has 1 aromatic carbocycles. The largest absolute Gasteiger partial charge is 0.369 e. The third kappa shape index (κ3) is 2.08. The molecule has 6 nitrogen and oxygen atoms in total. The Morgan fingerprint density at radius 1 is 1.45 bits per heavy atom. The fourth-order valence-electron chi connectivity index (χ4n) is 2.75. The maximum Gasteiger partial charge on any atom is 0.278 e. The number of hydrogen-bond donors (Lipinski definition) is 1. The van der Waals surface area contributed by atoms with Crippen LogP contribution in [0.25, 0.3) is 10.8 Å². The Bertz CT molecular complexity index is 686. The number of non-ortho nitro benzene ring substituents is 1. The smallest absolute Gasteiger partial charge is 0.278 e. The molecule has 104 valence electrons. The van der Waals surface area contributed by atoms with E-state index in [-0.39, 0.29) is 16.7 Å². The van der Waals surface area contributed by atoms with Crippen molar-refractivity contribution in [1.82, 2.24) is 4.98 Å². The highest BCUT2D eigenvalue weighted by molar-refractivity contribution is 5.99. The molecule has 1 aromatic heterocycles. The number of nitro groups is 1. The number of benzene rings is 1. The third-order valence-electron chi connectivity index (χ3n) is 3.75. The van der Waals surface area contributed by atoms with Crippen LogP contribution in [0.4, 0.5) is 11.4 Å². The normalized spacial score (nSPS) is 18.7. The molecule has 20 heavy (non-hydrogen) atoms. The molecule has 2 N–H and O–H groups in total. The first-order chi connectivity index (χ1) is 9.56. The zero-order chi connectivity index (χ0) is 14.3. The maximum atomic E-state index is 11.1. The van der Waals surface area contributed by atoms with Crippen LogP contribution in [-0.2, 0) is 0 Å². The SMILES string of the molecule is Cc1cc2c(N3CCC(N)C3)ccc([N+](=O)[O-])c2cn1. The second-order valence-corrected chi connectivity index (χ2v) is 5.23. The summed E-state index contributed by atoms with van der Waals surface area (Å²) >= 11 is 0. The summed E-state index contributed by atoms with van der Waals surface area (Å²) in [5.41, 5.74) is 7.90. The van der Waals surface area contributed by atoms with Gasteiger partial charge < -0.3 is 10.6 Å². The van der Waals surface area contributed by atoms with E-state index in [4.69, 9.17) is 5.73 Å². The average molecular weight is 272 g/mol. The first-order valence-electron chi connectivity index (χ1n) is 6.60. The second kappa shape index (κ2) is 4.72. The maximum absolute atomic E-state index is 11.1. The number of anilines is 1. The van der Waals surface area contributed by atoms with Gasteiger partial charge in [0.25, 0.3) is 5.69 Å². The first kappa shape index (κ1) is 12.8. The number of nitrogens with zero attached hydrogens (tertiary/aromatic N) is 3. The van der Waals surface area contributed by atoms with Crippen molar-refractivity contribution in [3.05, 3.63) is 40.2 Å². The van der Waals surface area contributed by atoms with Gasteiger partial charge in [-0.05, 0) is 25.5 Å². The second-order valence-electron chi connectivity index (χ2n) is 5.23. The summed E-state index contributed by atoms with van der Waals surface area (Å²) in [5.74, 6) is 0. The zero-order valence-corrected chi connectivity index (χ0v) is 11.2. The van der Waals surface area contributed by atoms with Crippen LogP contribution >= 0.6 is 0 Å². The van der Waals surface area contributed by atoms with Gasteiger partial charge in [-0.3, -0.25) is 15.1 Å². The highest BCUT2D eigenvalue weighted by atomic mass is 16.6. The quantitative estimate of drug-likeness (QED) is 0.667. The van der Waals surface area contributed by atoms with Gasteiger partial charge in [-0.25, -0.2) is 0 Å². The van der Waals surface area contributed by atoms with Crippen LogP contribution in [-0.4, -0.2) is 29.0 Å². The van der Waals surface area contributed by atoms with E-state index >= 15 is 0 Å². The molecule has 1 fully saturated rings. The minimum atomic E-state index is -0.362. The lowest BCUT2D eigenvalue weighted by Crippen LogP contribution is -2.26. The van der Waals surface area contributed by atoms with Crippen molar-refractivity contribution in [3.8, 4) is 0 Å². The van der Waals surface area contributed by atoms with Crippen LogP contribution in [0.1, 0.15) is 12.1 Å². The van der Waals surface area contributed by atoms with Crippen LogP contribution in [0.3, 0.4) is 0 Å². The number of aromatic nitrogens is 1. The fraction of sp³-hybridized carbons (Fsp3) is 0.357. The highest BCUT2D eigenvalue weighted by Gasteiger charge is 2.23.